The second-order valence-corrected chi connectivity index (χ2v) is 32.7. The molecule has 0 radical (unpaired) electrons. The summed E-state index contributed by atoms with van der Waals surface area (Å²) in [6.07, 6.45) is -32.0. The zero-order valence-electron chi connectivity index (χ0n) is 75.3. The summed E-state index contributed by atoms with van der Waals surface area (Å²) in [6, 6.07) is -4.21. The third-order valence-electron chi connectivity index (χ3n) is 21.4. The van der Waals surface area contributed by atoms with Gasteiger partial charge in [-0.2, -0.15) is 0 Å². The van der Waals surface area contributed by atoms with Crippen LogP contribution in [0.1, 0.15) is 57.8 Å². The van der Waals surface area contributed by atoms with Crippen LogP contribution in [-0.4, -0.2) is 612 Å². The monoisotopic (exact) mass is 1990 g/mol. The lowest BCUT2D eigenvalue weighted by atomic mass is 9.96. The number of hydrogen-bond donors (Lipinski definition) is 29. The molecule has 2 saturated heterocycles. The van der Waals surface area contributed by atoms with Gasteiger partial charge in [0.05, 0.1) is 130 Å². The molecule has 29 N–H and O–H groups in total. The van der Waals surface area contributed by atoms with Crippen LogP contribution in [0.25, 0.3) is 0 Å². The molecule has 2 fully saturated rings. The minimum absolute atomic E-state index is 0.0152. The molecular weight excluding hydrogens is 1860 g/mol. The Morgan fingerprint density at radius 1 is 0.307 bits per heavy atom. The van der Waals surface area contributed by atoms with E-state index in [0.717, 1.165) is 29.4 Å². The van der Waals surface area contributed by atoms with E-state index in [1.54, 1.807) is 0 Å². The first-order chi connectivity index (χ1) is 64.4. The molecule has 0 aromatic rings. The molecule has 2 rings (SSSR count). The summed E-state index contributed by atoms with van der Waals surface area (Å²) in [4.78, 5) is 187. The van der Waals surface area contributed by atoms with E-state index in [4.69, 9.17) is 28.4 Å². The Balaban J connectivity index is 2.55. The average molecular weight is 1990 g/mol. The standard InChI is InChI=1S/C78H136N12O47/c91-40-52-67(121)68(122)70(124)77(134-52)137-73-53(44-133-42-46(93)26-80-11-5-2-8-48(75(128)129)89(21-15-84(32-58(104)105)33-59(106)107)22-16-85(34-60(108)109)35-61(110)111)135-78(71(125)69(73)123)136-72(66(120)50(94)27-81-12-6-3-9-49(76(130)131)90(23-17-86(36-62(112)113)37-63(114)115)24-18-87(38-64(116)117)39-65(118)119)51(95)43-132-41-45(92)25-79-10-4-1-7-47(74(126)127)88(19-13-82(28-54(96)97)29-55(98)99)20-14-83(30-56(100)101)31-57(102)103/h45-53,66-73,77-81,91-95,120-125H,1-44H2,(H,96,97)(H,98,99)(H,100,101)(H,102,103)(H,104,105)(H,106,107)(H,108,109)(H,110,111)(H,112,113)(H,114,115)(H,116,117)(H,118,119)(H,126,127)(H,128,129)(H,130,131)/t45?,46?,47?,48?,49?,50?,51?,52-,53-,66?,67?,68+,69-,70-,71-,72?,73?,77+,78+/m1/s1. The van der Waals surface area contributed by atoms with Crippen LogP contribution >= 0.6 is 0 Å². The van der Waals surface area contributed by atoms with Crippen LogP contribution < -0.4 is 16.0 Å². The summed E-state index contributed by atoms with van der Waals surface area (Å²) in [5.41, 5.74) is 0. The molecule has 0 aromatic heterocycles. The predicted octanol–water partition coefficient (Wildman–Crippen LogP) is -13.8. The summed E-state index contributed by atoms with van der Waals surface area (Å²) < 4.78 is 34.9. The fraction of sp³-hybridized carbons (Fsp3) is 0.808. The molecule has 2 aliphatic rings. The topological polar surface area (TPSA) is 903 Å². The maximum absolute atomic E-state index is 12.9. The summed E-state index contributed by atoms with van der Waals surface area (Å²) in [5.74, 6) is -21.3. The molecule has 0 aromatic carbocycles. The molecule has 11 unspecified atom stereocenters. The lowest BCUT2D eigenvalue weighted by molar-refractivity contribution is -0.368. The number of nitrogens with zero attached hydrogens (tertiary/aromatic N) is 9. The van der Waals surface area contributed by atoms with Crippen LogP contribution in [0, 0.1) is 0 Å². The number of carbonyl (C=O) groups is 15. The van der Waals surface area contributed by atoms with E-state index in [1.165, 1.54) is 14.7 Å². The summed E-state index contributed by atoms with van der Waals surface area (Å²) in [7, 11) is 0. The van der Waals surface area contributed by atoms with E-state index in [-0.39, 0.29) is 169 Å². The highest BCUT2D eigenvalue weighted by atomic mass is 16.8. The first-order valence-electron chi connectivity index (χ1n) is 43.6. The number of carboxylic acid groups (broad SMARTS) is 15. The molecule has 59 heteroatoms. The van der Waals surface area contributed by atoms with Gasteiger partial charge in [-0.05, 0) is 58.2 Å². The van der Waals surface area contributed by atoms with Crippen LogP contribution in [-0.2, 0) is 100 Å². The van der Waals surface area contributed by atoms with Gasteiger partial charge in [0.1, 0.15) is 85.3 Å². The normalized spacial score (nSPS) is 20.7. The second kappa shape index (κ2) is 67.3. The first kappa shape index (κ1) is 124. The fourth-order valence-corrected chi connectivity index (χ4v) is 14.8. The van der Waals surface area contributed by atoms with Gasteiger partial charge < -0.3 is 177 Å². The number of unbranched alkanes of at least 4 members (excludes halogenated alkanes) is 3. The van der Waals surface area contributed by atoms with Crippen LogP contribution in [0.5, 0.6) is 0 Å². The van der Waals surface area contributed by atoms with Gasteiger partial charge in [0.15, 0.2) is 12.6 Å². The zero-order chi connectivity index (χ0) is 103. The van der Waals surface area contributed by atoms with Crippen molar-refractivity contribution in [3.63, 3.8) is 0 Å². The molecule has 0 bridgehead atoms. The SMILES string of the molecule is O=C(O)CN(CCN(CCN(CC(=O)O)CC(=O)O)C(CCCCNCC(O)COCC(O)C(O[C@@H]1O[C@H](COCC(O)CNCCCCC(C(=O)O)N(CCN(CC(=O)O)CC(=O)O)CCN(CC(=O)O)CC(=O)O)C(O[C@@H]2O[C@H](CO)C(O)[C@H](O)[C@H]2O)[C@H](O)[C@H]1O)C(O)C(O)CNCCCCC(C(=O)O)N(CCN(CC(=O)O)CC(=O)O)CCN(CC(=O)O)CC(=O)O)C(=O)O)CC(=O)O. The van der Waals surface area contributed by atoms with Crippen molar-refractivity contribution in [2.45, 2.75) is 174 Å². The number of aliphatic carboxylic acids is 15. The Morgan fingerprint density at radius 3 is 0.869 bits per heavy atom. The predicted molar refractivity (Wildman–Crippen MR) is 455 cm³/mol. The van der Waals surface area contributed by atoms with Crippen molar-refractivity contribution in [2.24, 2.45) is 0 Å². The average Bonchev–Trinajstić information content (AvgIpc) is 0.779. The van der Waals surface area contributed by atoms with Crippen LogP contribution in [0.4, 0.5) is 0 Å². The van der Waals surface area contributed by atoms with Gasteiger partial charge in [-0.15, -0.1) is 0 Å². The van der Waals surface area contributed by atoms with Crippen molar-refractivity contribution in [3.8, 4) is 0 Å². The quantitative estimate of drug-likeness (QED) is 0.0251. The molecule has 59 nitrogen and oxygen atoms in total. The molecule has 2 aliphatic heterocycles. The zero-order valence-corrected chi connectivity index (χ0v) is 75.3. The van der Waals surface area contributed by atoms with Gasteiger partial charge in [0.2, 0.25) is 0 Å². The van der Waals surface area contributed by atoms with E-state index in [1.807, 2.05) is 0 Å². The number of ether oxygens (including phenoxy) is 6. The Morgan fingerprint density at radius 2 is 0.584 bits per heavy atom. The number of nitrogens with one attached hydrogen (secondary N) is 3. The van der Waals surface area contributed by atoms with E-state index in [9.17, 15) is 205 Å². The molecule has 0 aliphatic carbocycles. The Bertz CT molecular complexity index is 3450. The summed E-state index contributed by atoms with van der Waals surface area (Å²) >= 11 is 0. The number of aliphatic hydroxyl groups excluding tert-OH is 11. The Hall–Kier alpha value is -9.11. The van der Waals surface area contributed by atoms with Crippen molar-refractivity contribution in [3.05, 3.63) is 0 Å². The molecule has 2 heterocycles. The van der Waals surface area contributed by atoms with Gasteiger partial charge in [-0.1, -0.05) is 19.3 Å². The van der Waals surface area contributed by atoms with E-state index < -0.39 is 324 Å². The van der Waals surface area contributed by atoms with Crippen LogP contribution in [0.15, 0.2) is 0 Å². The minimum atomic E-state index is -2.38. The molecule has 0 amide bonds. The molecule has 0 spiro atoms. The van der Waals surface area contributed by atoms with Gasteiger partial charge in [-0.3, -0.25) is 116 Å². The first-order valence-corrected chi connectivity index (χ1v) is 43.6. The molecule has 0 saturated carbocycles. The number of rotatable bonds is 85. The molecule has 137 heavy (non-hydrogen) atoms. The van der Waals surface area contributed by atoms with Crippen LogP contribution in [0.2, 0.25) is 0 Å². The highest BCUT2D eigenvalue weighted by Crippen LogP contribution is 2.32. The number of aliphatic hydroxyl groups is 11. The number of hydrogen-bond acceptors (Lipinski definition) is 44. The highest BCUT2D eigenvalue weighted by molar-refractivity contribution is 5.77. The second-order valence-electron chi connectivity index (χ2n) is 32.7. The van der Waals surface area contributed by atoms with Crippen molar-refractivity contribution < 1.29 is 233 Å². The molecular formula is C78H136N12O47. The van der Waals surface area contributed by atoms with Gasteiger partial charge in [0, 0.05) is 98.2 Å². The largest absolute Gasteiger partial charge is 0.480 e. The van der Waals surface area contributed by atoms with Crippen LogP contribution in [0.3, 0.4) is 0 Å². The van der Waals surface area contributed by atoms with Gasteiger partial charge >= 0.3 is 89.5 Å². The van der Waals surface area contributed by atoms with E-state index >= 15 is 0 Å². The van der Waals surface area contributed by atoms with Crippen molar-refractivity contribution in [1.29, 1.82) is 0 Å². The van der Waals surface area contributed by atoms with Gasteiger partial charge in [0.25, 0.3) is 0 Å². The van der Waals surface area contributed by atoms with Crippen molar-refractivity contribution in [1.82, 2.24) is 60.0 Å². The van der Waals surface area contributed by atoms with E-state index in [0.29, 0.717) is 0 Å². The lowest BCUT2D eigenvalue weighted by Crippen LogP contribution is -2.65. The van der Waals surface area contributed by atoms with E-state index in [2.05, 4.69) is 16.0 Å². The maximum atomic E-state index is 12.9. The van der Waals surface area contributed by atoms with Gasteiger partial charge in [-0.25, -0.2) is 0 Å². The highest BCUT2D eigenvalue weighted by Gasteiger charge is 2.53. The third kappa shape index (κ3) is 52.6. The number of carboxylic acids is 15. The Kier molecular flexibility index (Phi) is 60.9. The van der Waals surface area contributed by atoms with Crippen molar-refractivity contribution in [2.75, 3.05) is 229 Å². The fourth-order valence-electron chi connectivity index (χ4n) is 14.8. The molecule has 19 atom stereocenters. The maximum Gasteiger partial charge on any atom is 0.320 e. The summed E-state index contributed by atoms with van der Waals surface area (Å²) in [5, 5.41) is 277. The van der Waals surface area contributed by atoms with Crippen molar-refractivity contribution >= 4 is 89.5 Å². The lowest BCUT2D eigenvalue weighted by Gasteiger charge is -2.47. The smallest absolute Gasteiger partial charge is 0.320 e. The minimum Gasteiger partial charge on any atom is -0.480 e. The molecule has 790 valence electrons. The summed E-state index contributed by atoms with van der Waals surface area (Å²) in [6.45, 7) is -18.1. The Labute approximate surface area is 783 Å². The third-order valence-corrected chi connectivity index (χ3v) is 21.4.